The molecule has 2 aromatic carbocycles. The molecule has 0 aromatic heterocycles. The number of rotatable bonds is 6. The third-order valence-corrected chi connectivity index (χ3v) is 4.51. The van der Waals surface area contributed by atoms with Crippen molar-refractivity contribution in [3.8, 4) is 0 Å². The van der Waals surface area contributed by atoms with E-state index in [0.717, 1.165) is 23.4 Å². The zero-order valence-corrected chi connectivity index (χ0v) is 15.9. The van der Waals surface area contributed by atoms with Crippen molar-refractivity contribution >= 4 is 11.7 Å². The van der Waals surface area contributed by atoms with Gasteiger partial charge in [-0.3, -0.25) is 0 Å². The van der Waals surface area contributed by atoms with Gasteiger partial charge >= 0.3 is 12.2 Å². The second-order valence-electron chi connectivity index (χ2n) is 6.75. The zero-order valence-electron chi connectivity index (χ0n) is 15.9. The molecule has 2 amide bonds. The van der Waals surface area contributed by atoms with Gasteiger partial charge in [-0.25, -0.2) is 4.79 Å². The van der Waals surface area contributed by atoms with Gasteiger partial charge in [-0.2, -0.15) is 13.2 Å². The molecule has 0 bridgehead atoms. The van der Waals surface area contributed by atoms with Crippen LogP contribution in [0.2, 0.25) is 0 Å². The lowest BCUT2D eigenvalue weighted by molar-refractivity contribution is -0.137. The van der Waals surface area contributed by atoms with Crippen molar-refractivity contribution in [2.45, 2.75) is 32.2 Å². The minimum absolute atomic E-state index is 0.0380. The van der Waals surface area contributed by atoms with E-state index < -0.39 is 11.7 Å². The fourth-order valence-electron chi connectivity index (χ4n) is 3.12. The molecule has 1 heterocycles. The molecule has 1 atom stereocenters. The van der Waals surface area contributed by atoms with Crippen LogP contribution in [0.25, 0.3) is 0 Å². The van der Waals surface area contributed by atoms with E-state index >= 15 is 0 Å². The maximum atomic E-state index is 13.0. The summed E-state index contributed by atoms with van der Waals surface area (Å²) in [4.78, 5) is 19.4. The summed E-state index contributed by atoms with van der Waals surface area (Å²) in [5, 5.41) is 6.81. The van der Waals surface area contributed by atoms with E-state index in [1.165, 1.54) is 11.0 Å². The molecule has 5 nitrogen and oxygen atoms in total. The summed E-state index contributed by atoms with van der Waals surface area (Å²) in [6.07, 6.45) is -4.28. The van der Waals surface area contributed by atoms with E-state index in [4.69, 9.17) is 4.84 Å². The summed E-state index contributed by atoms with van der Waals surface area (Å²) < 4.78 is 39.0. The third-order valence-electron chi connectivity index (χ3n) is 4.51. The maximum Gasteiger partial charge on any atom is 0.416 e. The van der Waals surface area contributed by atoms with Gasteiger partial charge in [-0.05, 0) is 30.2 Å². The largest absolute Gasteiger partial charge is 0.416 e. The summed E-state index contributed by atoms with van der Waals surface area (Å²) in [5.74, 6) is 0. The number of alkyl halides is 3. The van der Waals surface area contributed by atoms with Crippen molar-refractivity contribution in [1.29, 1.82) is 0 Å². The molecule has 0 saturated heterocycles. The van der Waals surface area contributed by atoms with Gasteiger partial charge < -0.3 is 15.1 Å². The summed E-state index contributed by atoms with van der Waals surface area (Å²) in [5.41, 5.74) is 1.38. The van der Waals surface area contributed by atoms with Gasteiger partial charge in [-0.15, -0.1) is 0 Å². The van der Waals surface area contributed by atoms with Crippen LogP contribution in [0.4, 0.5) is 18.0 Å². The number of carbonyl (C=O) groups excluding carboxylic acids is 1. The molecule has 0 saturated carbocycles. The smallest absolute Gasteiger partial charge is 0.390 e. The fraction of sp³-hybridized carbons (Fsp3) is 0.333. The van der Waals surface area contributed by atoms with E-state index in [9.17, 15) is 18.0 Å². The van der Waals surface area contributed by atoms with E-state index in [-0.39, 0.29) is 25.2 Å². The normalized spacial score (nSPS) is 16.1. The number of carbonyl (C=O) groups is 1. The molecule has 8 heteroatoms. The number of benzene rings is 2. The Morgan fingerprint density at radius 2 is 1.97 bits per heavy atom. The highest BCUT2D eigenvalue weighted by Gasteiger charge is 2.31. The van der Waals surface area contributed by atoms with Crippen molar-refractivity contribution in [2.24, 2.45) is 5.16 Å². The van der Waals surface area contributed by atoms with Gasteiger partial charge in [0.1, 0.15) is 0 Å². The average Bonchev–Trinajstić information content (AvgIpc) is 3.16. The minimum atomic E-state index is -4.43. The molecule has 0 radical (unpaired) electrons. The van der Waals surface area contributed by atoms with Crippen molar-refractivity contribution in [3.63, 3.8) is 0 Å². The first kappa shape index (κ1) is 20.7. The first-order valence-electron chi connectivity index (χ1n) is 9.34. The van der Waals surface area contributed by atoms with Gasteiger partial charge in [0.25, 0.3) is 0 Å². The Hall–Kier alpha value is -3.03. The maximum absolute atomic E-state index is 13.0. The molecule has 1 unspecified atom stereocenters. The molecule has 29 heavy (non-hydrogen) atoms. The van der Waals surface area contributed by atoms with Crippen LogP contribution in [0.1, 0.15) is 30.0 Å². The lowest BCUT2D eigenvalue weighted by Crippen LogP contribution is -2.43. The van der Waals surface area contributed by atoms with Crippen LogP contribution in [-0.2, 0) is 17.6 Å². The molecular formula is C21H22F3N3O2. The van der Waals surface area contributed by atoms with Gasteiger partial charge in [0.05, 0.1) is 17.8 Å². The Balaban J connectivity index is 1.70. The monoisotopic (exact) mass is 405 g/mol. The van der Waals surface area contributed by atoms with Crippen LogP contribution >= 0.6 is 0 Å². The molecule has 3 rings (SSSR count). The van der Waals surface area contributed by atoms with E-state index in [0.29, 0.717) is 18.5 Å². The van der Waals surface area contributed by atoms with Crippen LogP contribution in [0, 0.1) is 0 Å². The molecule has 0 aliphatic carbocycles. The van der Waals surface area contributed by atoms with Crippen molar-refractivity contribution in [2.75, 3.05) is 13.1 Å². The predicted molar refractivity (Wildman–Crippen MR) is 103 cm³/mol. The van der Waals surface area contributed by atoms with E-state index in [1.54, 1.807) is 13.0 Å². The van der Waals surface area contributed by atoms with E-state index in [1.807, 2.05) is 30.3 Å². The van der Waals surface area contributed by atoms with Gasteiger partial charge in [0.15, 0.2) is 6.10 Å². The quantitative estimate of drug-likeness (QED) is 0.773. The van der Waals surface area contributed by atoms with Gasteiger partial charge in [0.2, 0.25) is 0 Å². The lowest BCUT2D eigenvalue weighted by Gasteiger charge is -2.25. The molecule has 2 aromatic rings. The number of amides is 2. The van der Waals surface area contributed by atoms with Crippen LogP contribution in [0.15, 0.2) is 59.8 Å². The number of hydrogen-bond acceptors (Lipinski definition) is 3. The Kier molecular flexibility index (Phi) is 6.41. The highest BCUT2D eigenvalue weighted by Crippen LogP contribution is 2.30. The first-order valence-corrected chi connectivity index (χ1v) is 9.34. The summed E-state index contributed by atoms with van der Waals surface area (Å²) in [6.45, 7) is 2.44. The van der Waals surface area contributed by atoms with Gasteiger partial charge in [0, 0.05) is 19.5 Å². The minimum Gasteiger partial charge on any atom is -0.390 e. The Labute approximate surface area is 167 Å². The van der Waals surface area contributed by atoms with Crippen LogP contribution < -0.4 is 5.32 Å². The van der Waals surface area contributed by atoms with Crippen molar-refractivity contribution in [3.05, 3.63) is 71.3 Å². The topological polar surface area (TPSA) is 53.9 Å². The fourth-order valence-corrected chi connectivity index (χ4v) is 3.12. The SMILES string of the molecule is CCNC(=O)N(Cc1cccc(C(F)(F)F)c1)CC1CC(c2ccccc2)=NO1. The number of urea groups is 1. The lowest BCUT2D eigenvalue weighted by atomic mass is 10.0. The van der Waals surface area contributed by atoms with Crippen LogP contribution in [0.3, 0.4) is 0 Å². The Bertz CT molecular complexity index is 869. The Morgan fingerprint density at radius 1 is 1.21 bits per heavy atom. The second-order valence-corrected chi connectivity index (χ2v) is 6.75. The average molecular weight is 405 g/mol. The van der Waals surface area contributed by atoms with E-state index in [2.05, 4.69) is 10.5 Å². The highest BCUT2D eigenvalue weighted by atomic mass is 19.4. The van der Waals surface area contributed by atoms with Crippen LogP contribution in [0.5, 0.6) is 0 Å². The van der Waals surface area contributed by atoms with Crippen LogP contribution in [-0.4, -0.2) is 35.8 Å². The zero-order chi connectivity index (χ0) is 20.9. The summed E-state index contributed by atoms with van der Waals surface area (Å²) >= 11 is 0. The molecule has 0 spiro atoms. The third kappa shape index (κ3) is 5.49. The number of nitrogens with zero attached hydrogens (tertiary/aromatic N) is 2. The van der Waals surface area contributed by atoms with Crippen molar-refractivity contribution < 1.29 is 22.8 Å². The number of nitrogens with one attached hydrogen (secondary N) is 1. The predicted octanol–water partition coefficient (Wildman–Crippen LogP) is 4.43. The standard InChI is InChI=1S/C21H22F3N3O2/c1-2-25-20(28)27(13-15-7-6-10-17(11-15)21(22,23)24)14-18-12-19(26-29-18)16-8-4-3-5-9-16/h3-11,18H,2,12-14H2,1H3,(H,25,28). The van der Waals surface area contributed by atoms with Gasteiger partial charge in [-0.1, -0.05) is 47.6 Å². The highest BCUT2D eigenvalue weighted by molar-refractivity contribution is 6.01. The van der Waals surface area contributed by atoms with Crippen molar-refractivity contribution in [1.82, 2.24) is 10.2 Å². The molecule has 0 fully saturated rings. The molecule has 1 N–H and O–H groups in total. The Morgan fingerprint density at radius 3 is 2.66 bits per heavy atom. The first-order chi connectivity index (χ1) is 13.9. The molecule has 1 aliphatic rings. The number of halogens is 3. The second kappa shape index (κ2) is 8.98. The molecular weight excluding hydrogens is 383 g/mol. The molecule has 154 valence electrons. The molecule has 1 aliphatic heterocycles. The number of hydrogen-bond donors (Lipinski definition) is 1. The summed E-state index contributed by atoms with van der Waals surface area (Å²) in [7, 11) is 0. The summed E-state index contributed by atoms with van der Waals surface area (Å²) in [6, 6.07) is 14.2. The number of oxime groups is 1.